The predicted octanol–water partition coefficient (Wildman–Crippen LogP) is 4.04. The number of rotatable bonds is 9. The van der Waals surface area contributed by atoms with Crippen molar-refractivity contribution in [1.82, 2.24) is 20.4 Å². The summed E-state index contributed by atoms with van der Waals surface area (Å²) in [4.78, 5) is 14.8. The molecule has 1 aliphatic rings. The number of nitrogens with one attached hydrogen (secondary N) is 1. The molecule has 6 nitrogen and oxygen atoms in total. The van der Waals surface area contributed by atoms with Gasteiger partial charge >= 0.3 is 11.8 Å². The SMILES string of the molecule is Cc1ccc(Cc2nnc(C(=O)NCCCN3CCC(Cc4ccccc4)CC3)o2)cc1. The summed E-state index contributed by atoms with van der Waals surface area (Å²) >= 11 is 0. The molecule has 1 N–H and O–H groups in total. The van der Waals surface area contributed by atoms with Crippen LogP contribution in [-0.4, -0.2) is 47.2 Å². The van der Waals surface area contributed by atoms with Crippen molar-refractivity contribution in [2.45, 2.75) is 39.0 Å². The number of piperidine rings is 1. The molecule has 3 aromatic rings. The average Bonchev–Trinajstić information content (AvgIpc) is 3.28. The van der Waals surface area contributed by atoms with E-state index in [2.05, 4.69) is 50.7 Å². The molecule has 4 rings (SSSR count). The van der Waals surface area contributed by atoms with Gasteiger partial charge in [-0.2, -0.15) is 0 Å². The van der Waals surface area contributed by atoms with Gasteiger partial charge in [0, 0.05) is 6.54 Å². The van der Waals surface area contributed by atoms with Crippen LogP contribution in [0.5, 0.6) is 0 Å². The molecular weight excluding hydrogens is 400 g/mol. The topological polar surface area (TPSA) is 71.3 Å². The number of aromatic nitrogens is 2. The largest absolute Gasteiger partial charge is 0.417 e. The summed E-state index contributed by atoms with van der Waals surface area (Å²) in [5, 5.41) is 10.8. The molecule has 2 aromatic carbocycles. The molecule has 2 heterocycles. The van der Waals surface area contributed by atoms with Crippen molar-refractivity contribution in [3.8, 4) is 0 Å². The first-order valence-electron chi connectivity index (χ1n) is 11.6. The van der Waals surface area contributed by atoms with Crippen molar-refractivity contribution >= 4 is 5.91 Å². The highest BCUT2D eigenvalue weighted by molar-refractivity contribution is 5.89. The van der Waals surface area contributed by atoms with Gasteiger partial charge < -0.3 is 14.6 Å². The lowest BCUT2D eigenvalue weighted by Crippen LogP contribution is -2.36. The summed E-state index contributed by atoms with van der Waals surface area (Å²) in [6, 6.07) is 18.9. The van der Waals surface area contributed by atoms with Crippen LogP contribution in [0, 0.1) is 12.8 Å². The van der Waals surface area contributed by atoms with E-state index in [1.807, 2.05) is 31.2 Å². The predicted molar refractivity (Wildman–Crippen MR) is 125 cm³/mol. The fraction of sp³-hybridized carbons (Fsp3) is 0.423. The Kier molecular flexibility index (Phi) is 7.67. The highest BCUT2D eigenvalue weighted by Gasteiger charge is 2.19. The number of benzene rings is 2. The van der Waals surface area contributed by atoms with Crippen molar-refractivity contribution in [3.63, 3.8) is 0 Å². The third kappa shape index (κ3) is 6.50. The Morgan fingerprint density at radius 3 is 2.53 bits per heavy atom. The highest BCUT2D eigenvalue weighted by atomic mass is 16.4. The lowest BCUT2D eigenvalue weighted by molar-refractivity contribution is 0.0914. The Bertz CT molecular complexity index is 977. The molecule has 168 valence electrons. The fourth-order valence-electron chi connectivity index (χ4n) is 4.24. The second kappa shape index (κ2) is 11.0. The van der Waals surface area contributed by atoms with Gasteiger partial charge in [-0.3, -0.25) is 4.79 Å². The van der Waals surface area contributed by atoms with E-state index in [0.29, 0.717) is 18.9 Å². The van der Waals surface area contributed by atoms with Gasteiger partial charge in [0.05, 0.1) is 6.42 Å². The Morgan fingerprint density at radius 2 is 1.78 bits per heavy atom. The molecule has 0 spiro atoms. The summed E-state index contributed by atoms with van der Waals surface area (Å²) in [5.41, 5.74) is 3.73. The standard InChI is InChI=1S/C26H32N4O2/c1-20-8-10-22(11-9-20)19-24-28-29-26(32-24)25(31)27-14-5-15-30-16-12-23(13-17-30)18-21-6-3-2-4-7-21/h2-4,6-11,23H,5,12-19H2,1H3,(H,27,31). The second-order valence-corrected chi connectivity index (χ2v) is 8.75. The van der Waals surface area contributed by atoms with Crippen LogP contribution >= 0.6 is 0 Å². The van der Waals surface area contributed by atoms with Crippen LogP contribution in [0.1, 0.15) is 52.5 Å². The maximum absolute atomic E-state index is 12.3. The van der Waals surface area contributed by atoms with Crippen LogP contribution in [0.4, 0.5) is 0 Å². The molecule has 32 heavy (non-hydrogen) atoms. The zero-order valence-electron chi connectivity index (χ0n) is 18.8. The monoisotopic (exact) mass is 432 g/mol. The third-order valence-corrected chi connectivity index (χ3v) is 6.15. The molecule has 0 saturated carbocycles. The summed E-state index contributed by atoms with van der Waals surface area (Å²) in [6.07, 6.45) is 5.11. The third-order valence-electron chi connectivity index (χ3n) is 6.15. The molecule has 1 fully saturated rings. The van der Waals surface area contributed by atoms with Gasteiger partial charge in [0.2, 0.25) is 5.89 Å². The van der Waals surface area contributed by atoms with Crippen molar-refractivity contribution < 1.29 is 9.21 Å². The zero-order chi connectivity index (χ0) is 22.2. The first kappa shape index (κ1) is 22.2. The van der Waals surface area contributed by atoms with Crippen LogP contribution in [0.2, 0.25) is 0 Å². The van der Waals surface area contributed by atoms with Gasteiger partial charge in [0.1, 0.15) is 0 Å². The molecule has 1 amide bonds. The number of likely N-dealkylation sites (tertiary alicyclic amines) is 1. The average molecular weight is 433 g/mol. The first-order valence-corrected chi connectivity index (χ1v) is 11.6. The molecule has 6 heteroatoms. The van der Waals surface area contributed by atoms with Crippen LogP contribution < -0.4 is 5.32 Å². The van der Waals surface area contributed by atoms with E-state index in [1.54, 1.807) is 0 Å². The summed E-state index contributed by atoms with van der Waals surface area (Å²) in [6.45, 7) is 5.93. The maximum Gasteiger partial charge on any atom is 0.308 e. The fourth-order valence-corrected chi connectivity index (χ4v) is 4.24. The van der Waals surface area contributed by atoms with E-state index < -0.39 is 0 Å². The molecular formula is C26H32N4O2. The van der Waals surface area contributed by atoms with Crippen LogP contribution in [0.25, 0.3) is 0 Å². The van der Waals surface area contributed by atoms with Gasteiger partial charge in [0.15, 0.2) is 0 Å². The van der Waals surface area contributed by atoms with Crippen LogP contribution in [-0.2, 0) is 12.8 Å². The molecule has 0 unspecified atom stereocenters. The van der Waals surface area contributed by atoms with Crippen LogP contribution in [0.15, 0.2) is 59.0 Å². The molecule has 1 saturated heterocycles. The van der Waals surface area contributed by atoms with Crippen molar-refractivity contribution in [2.24, 2.45) is 5.92 Å². The quantitative estimate of drug-likeness (QED) is 0.517. The molecule has 0 atom stereocenters. The van der Waals surface area contributed by atoms with Gasteiger partial charge in [-0.1, -0.05) is 60.2 Å². The maximum atomic E-state index is 12.3. The van der Waals surface area contributed by atoms with Gasteiger partial charge in [-0.15, -0.1) is 10.2 Å². The van der Waals surface area contributed by atoms with Gasteiger partial charge in [-0.05, 0) is 69.3 Å². The van der Waals surface area contributed by atoms with Crippen molar-refractivity contribution in [1.29, 1.82) is 0 Å². The lowest BCUT2D eigenvalue weighted by atomic mass is 9.90. The Morgan fingerprint density at radius 1 is 1.03 bits per heavy atom. The second-order valence-electron chi connectivity index (χ2n) is 8.75. The van der Waals surface area contributed by atoms with Crippen LogP contribution in [0.3, 0.4) is 0 Å². The normalized spacial score (nSPS) is 15.0. The highest BCUT2D eigenvalue weighted by Crippen LogP contribution is 2.21. The van der Waals surface area contributed by atoms with Crippen molar-refractivity contribution in [3.05, 3.63) is 83.1 Å². The molecule has 1 aromatic heterocycles. The number of hydrogen-bond acceptors (Lipinski definition) is 5. The minimum atomic E-state index is -0.297. The van der Waals surface area contributed by atoms with E-state index in [1.165, 1.54) is 30.4 Å². The number of aryl methyl sites for hydroxylation is 1. The summed E-state index contributed by atoms with van der Waals surface area (Å²) in [5.74, 6) is 0.973. The first-order chi connectivity index (χ1) is 15.7. The van der Waals surface area contributed by atoms with E-state index in [4.69, 9.17) is 4.42 Å². The Labute approximate surface area is 190 Å². The lowest BCUT2D eigenvalue weighted by Gasteiger charge is -2.32. The summed E-state index contributed by atoms with van der Waals surface area (Å²) in [7, 11) is 0. The van der Waals surface area contributed by atoms with E-state index in [-0.39, 0.29) is 11.8 Å². The van der Waals surface area contributed by atoms with Crippen molar-refractivity contribution in [2.75, 3.05) is 26.2 Å². The minimum Gasteiger partial charge on any atom is -0.417 e. The van der Waals surface area contributed by atoms with E-state index >= 15 is 0 Å². The smallest absolute Gasteiger partial charge is 0.308 e. The molecule has 0 radical (unpaired) electrons. The minimum absolute atomic E-state index is 0.0360. The number of amides is 1. The molecule has 0 aliphatic carbocycles. The Hall–Kier alpha value is -2.99. The number of carbonyl (C=O) groups excluding carboxylic acids is 1. The number of carbonyl (C=O) groups is 1. The van der Waals surface area contributed by atoms with Gasteiger partial charge in [-0.25, -0.2) is 0 Å². The number of nitrogens with zero attached hydrogens (tertiary/aromatic N) is 3. The summed E-state index contributed by atoms with van der Waals surface area (Å²) < 4.78 is 5.54. The molecule has 1 aliphatic heterocycles. The number of hydrogen-bond donors (Lipinski definition) is 1. The Balaban J connectivity index is 1.12. The van der Waals surface area contributed by atoms with E-state index in [9.17, 15) is 4.79 Å². The van der Waals surface area contributed by atoms with E-state index in [0.717, 1.165) is 37.5 Å². The van der Waals surface area contributed by atoms with Gasteiger partial charge in [0.25, 0.3) is 0 Å². The zero-order valence-corrected chi connectivity index (χ0v) is 18.8. The molecule has 0 bridgehead atoms.